The summed E-state index contributed by atoms with van der Waals surface area (Å²) in [6.07, 6.45) is 2.33. The standard InChI is InChI=1S/C21H21FN4O4/c1-13-10-14(27)11-18(28)26(13)12-19(29)25-9-5-4-8-17(25)21-24-23-20(30-21)15-6-2-3-7-16(15)22/h2-3,6-7,10-11,17,27H,4-5,8-9,12H2,1H3/t17-/m0/s1. The SMILES string of the molecule is Cc1cc(O)cc(=O)n1CC(=O)N1CCCC[C@H]1c1nnc(-c2ccccc2F)o1. The first-order valence-corrected chi connectivity index (χ1v) is 9.72. The number of hydrogen-bond donors (Lipinski definition) is 1. The molecule has 0 aliphatic carbocycles. The predicted molar refractivity (Wildman–Crippen MR) is 105 cm³/mol. The van der Waals surface area contributed by atoms with Crippen LogP contribution >= 0.6 is 0 Å². The lowest BCUT2D eigenvalue weighted by molar-refractivity contribution is -0.136. The third-order valence-corrected chi connectivity index (χ3v) is 5.27. The van der Waals surface area contributed by atoms with Gasteiger partial charge in [-0.05, 0) is 44.4 Å². The van der Waals surface area contributed by atoms with E-state index in [2.05, 4.69) is 10.2 Å². The lowest BCUT2D eigenvalue weighted by atomic mass is 10.0. The molecule has 3 heterocycles. The van der Waals surface area contributed by atoms with E-state index in [9.17, 15) is 19.1 Å². The number of aromatic hydroxyl groups is 1. The van der Waals surface area contributed by atoms with Crippen LogP contribution in [0.1, 0.15) is 36.9 Å². The molecule has 4 rings (SSSR count). The molecule has 1 saturated heterocycles. The normalized spacial score (nSPS) is 16.6. The molecule has 1 aromatic carbocycles. The van der Waals surface area contributed by atoms with Crippen LogP contribution in [0.4, 0.5) is 4.39 Å². The maximum absolute atomic E-state index is 14.0. The number of benzene rings is 1. The largest absolute Gasteiger partial charge is 0.508 e. The summed E-state index contributed by atoms with van der Waals surface area (Å²) in [5.74, 6) is -0.556. The fraction of sp³-hybridized carbons (Fsp3) is 0.333. The Hall–Kier alpha value is -3.49. The molecule has 0 unspecified atom stereocenters. The van der Waals surface area contributed by atoms with Crippen molar-refractivity contribution in [2.45, 2.75) is 38.8 Å². The number of rotatable bonds is 4. The number of aromatic nitrogens is 3. The molecule has 1 aliphatic heterocycles. The maximum Gasteiger partial charge on any atom is 0.254 e. The lowest BCUT2D eigenvalue weighted by Crippen LogP contribution is -2.42. The van der Waals surface area contributed by atoms with E-state index in [1.165, 1.54) is 16.7 Å². The van der Waals surface area contributed by atoms with E-state index in [1.54, 1.807) is 30.0 Å². The fourth-order valence-electron chi connectivity index (χ4n) is 3.74. The highest BCUT2D eigenvalue weighted by Gasteiger charge is 2.32. The number of halogens is 1. The molecule has 1 atom stereocenters. The Morgan fingerprint density at radius 1 is 1.27 bits per heavy atom. The summed E-state index contributed by atoms with van der Waals surface area (Å²) < 4.78 is 21.1. The Morgan fingerprint density at radius 2 is 2.07 bits per heavy atom. The first kappa shape index (κ1) is 19.8. The second kappa shape index (κ2) is 8.10. The monoisotopic (exact) mass is 412 g/mol. The van der Waals surface area contributed by atoms with Crippen molar-refractivity contribution in [1.29, 1.82) is 0 Å². The Kier molecular flexibility index (Phi) is 5.35. The van der Waals surface area contributed by atoms with E-state index in [0.29, 0.717) is 18.7 Å². The Morgan fingerprint density at radius 3 is 2.83 bits per heavy atom. The van der Waals surface area contributed by atoms with Crippen LogP contribution in [0.15, 0.2) is 45.6 Å². The van der Waals surface area contributed by atoms with Gasteiger partial charge in [0.25, 0.3) is 11.4 Å². The molecule has 1 fully saturated rings. The van der Waals surface area contributed by atoms with Crippen LogP contribution in [0.2, 0.25) is 0 Å². The smallest absolute Gasteiger partial charge is 0.254 e. The van der Waals surface area contributed by atoms with Crippen LogP contribution in [0.5, 0.6) is 5.75 Å². The molecule has 1 amide bonds. The number of nitrogens with zero attached hydrogens (tertiary/aromatic N) is 4. The van der Waals surface area contributed by atoms with Gasteiger partial charge in [0.05, 0.1) is 5.56 Å². The molecule has 30 heavy (non-hydrogen) atoms. The molecule has 0 radical (unpaired) electrons. The van der Waals surface area contributed by atoms with Gasteiger partial charge in [-0.1, -0.05) is 12.1 Å². The average molecular weight is 412 g/mol. The van der Waals surface area contributed by atoms with Gasteiger partial charge in [-0.2, -0.15) is 0 Å². The second-order valence-electron chi connectivity index (χ2n) is 7.30. The molecule has 3 aromatic rings. The number of likely N-dealkylation sites (tertiary alicyclic amines) is 1. The highest BCUT2D eigenvalue weighted by Crippen LogP contribution is 2.32. The molecular formula is C21H21FN4O4. The van der Waals surface area contributed by atoms with Gasteiger partial charge in [0.1, 0.15) is 24.2 Å². The number of carbonyl (C=O) groups excluding carboxylic acids is 1. The van der Waals surface area contributed by atoms with E-state index < -0.39 is 17.4 Å². The van der Waals surface area contributed by atoms with Gasteiger partial charge < -0.3 is 19.0 Å². The zero-order chi connectivity index (χ0) is 21.3. The van der Waals surface area contributed by atoms with Crippen LogP contribution in [0, 0.1) is 12.7 Å². The molecule has 0 saturated carbocycles. The van der Waals surface area contributed by atoms with Gasteiger partial charge in [0.2, 0.25) is 11.8 Å². The summed E-state index contributed by atoms with van der Waals surface area (Å²) in [4.78, 5) is 26.8. The number of aryl methyl sites for hydroxylation is 1. The quantitative estimate of drug-likeness (QED) is 0.707. The molecular weight excluding hydrogens is 391 g/mol. The third-order valence-electron chi connectivity index (χ3n) is 5.27. The summed E-state index contributed by atoms with van der Waals surface area (Å²) in [5, 5.41) is 17.6. The summed E-state index contributed by atoms with van der Waals surface area (Å²) in [6.45, 7) is 1.99. The summed E-state index contributed by atoms with van der Waals surface area (Å²) in [5.41, 5.74) is 0.242. The zero-order valence-electron chi connectivity index (χ0n) is 16.4. The highest BCUT2D eigenvalue weighted by atomic mass is 19.1. The van der Waals surface area contributed by atoms with Crippen molar-refractivity contribution >= 4 is 5.91 Å². The van der Waals surface area contributed by atoms with Crippen LogP contribution in [-0.4, -0.2) is 37.2 Å². The molecule has 2 aromatic heterocycles. The summed E-state index contributed by atoms with van der Waals surface area (Å²) in [7, 11) is 0. The van der Waals surface area contributed by atoms with Gasteiger partial charge in [0.15, 0.2) is 0 Å². The van der Waals surface area contributed by atoms with Gasteiger partial charge >= 0.3 is 0 Å². The first-order valence-electron chi connectivity index (χ1n) is 9.72. The van der Waals surface area contributed by atoms with Crippen molar-refractivity contribution < 1.29 is 18.7 Å². The minimum absolute atomic E-state index is 0.0617. The van der Waals surface area contributed by atoms with Crippen LogP contribution < -0.4 is 5.56 Å². The van der Waals surface area contributed by atoms with E-state index in [1.807, 2.05) is 0 Å². The minimum Gasteiger partial charge on any atom is -0.508 e. The summed E-state index contributed by atoms with van der Waals surface area (Å²) >= 11 is 0. The van der Waals surface area contributed by atoms with Crippen LogP contribution in [0.3, 0.4) is 0 Å². The third kappa shape index (κ3) is 3.83. The number of carbonyl (C=O) groups is 1. The molecule has 0 bridgehead atoms. The van der Waals surface area contributed by atoms with E-state index in [-0.39, 0.29) is 35.5 Å². The van der Waals surface area contributed by atoms with Crippen molar-refractivity contribution in [3.63, 3.8) is 0 Å². The second-order valence-corrected chi connectivity index (χ2v) is 7.30. The zero-order valence-corrected chi connectivity index (χ0v) is 16.4. The van der Waals surface area contributed by atoms with Crippen molar-refractivity contribution in [3.8, 4) is 17.2 Å². The van der Waals surface area contributed by atoms with Crippen LogP contribution in [-0.2, 0) is 11.3 Å². The predicted octanol–water partition coefficient (Wildman–Crippen LogP) is 2.81. The topological polar surface area (TPSA) is 101 Å². The van der Waals surface area contributed by atoms with E-state index in [0.717, 1.165) is 18.9 Å². The molecule has 156 valence electrons. The average Bonchev–Trinajstić information content (AvgIpc) is 3.20. The molecule has 1 N–H and O–H groups in total. The Bertz CT molecular complexity index is 1140. The number of hydrogen-bond acceptors (Lipinski definition) is 6. The van der Waals surface area contributed by atoms with Gasteiger partial charge in [-0.3, -0.25) is 9.59 Å². The van der Waals surface area contributed by atoms with Crippen molar-refractivity contribution in [2.75, 3.05) is 6.54 Å². The van der Waals surface area contributed by atoms with Crippen molar-refractivity contribution in [1.82, 2.24) is 19.7 Å². The minimum atomic E-state index is -0.466. The van der Waals surface area contributed by atoms with Gasteiger partial charge in [0, 0.05) is 18.3 Å². The van der Waals surface area contributed by atoms with E-state index >= 15 is 0 Å². The van der Waals surface area contributed by atoms with Gasteiger partial charge in [-0.25, -0.2) is 4.39 Å². The summed E-state index contributed by atoms with van der Waals surface area (Å²) in [6, 6.07) is 8.19. The molecule has 8 nitrogen and oxygen atoms in total. The maximum atomic E-state index is 14.0. The lowest BCUT2D eigenvalue weighted by Gasteiger charge is -2.33. The Balaban J connectivity index is 1.59. The number of amides is 1. The highest BCUT2D eigenvalue weighted by molar-refractivity contribution is 5.76. The number of piperidine rings is 1. The first-order chi connectivity index (χ1) is 14.4. The van der Waals surface area contributed by atoms with Gasteiger partial charge in [-0.15, -0.1) is 10.2 Å². The molecule has 0 spiro atoms. The molecule has 9 heteroatoms. The van der Waals surface area contributed by atoms with Crippen LogP contribution in [0.25, 0.3) is 11.5 Å². The Labute approximate surface area is 171 Å². The number of pyridine rings is 1. The fourth-order valence-corrected chi connectivity index (χ4v) is 3.74. The van der Waals surface area contributed by atoms with Crippen molar-refractivity contribution in [2.24, 2.45) is 0 Å². The van der Waals surface area contributed by atoms with Crippen molar-refractivity contribution in [3.05, 3.63) is 64.2 Å². The van der Waals surface area contributed by atoms with E-state index in [4.69, 9.17) is 4.42 Å². The molecule has 1 aliphatic rings.